The predicted octanol–water partition coefficient (Wildman–Crippen LogP) is 1.88. The van der Waals surface area contributed by atoms with Crippen LogP contribution in [0.5, 0.6) is 0 Å². The number of aromatic nitrogens is 2. The fourth-order valence-electron chi connectivity index (χ4n) is 3.97. The lowest BCUT2D eigenvalue weighted by Gasteiger charge is -2.37. The van der Waals surface area contributed by atoms with Gasteiger partial charge in [-0.25, -0.2) is 9.97 Å². The summed E-state index contributed by atoms with van der Waals surface area (Å²) in [6, 6.07) is 1.97. The first-order valence-electron chi connectivity index (χ1n) is 9.41. The van der Waals surface area contributed by atoms with Gasteiger partial charge in [0.05, 0.1) is 13.2 Å². The molecule has 3 heterocycles. The molecule has 1 N–H and O–H groups in total. The van der Waals surface area contributed by atoms with Gasteiger partial charge in [0.15, 0.2) is 5.79 Å². The van der Waals surface area contributed by atoms with Crippen molar-refractivity contribution >= 4 is 11.9 Å². The van der Waals surface area contributed by atoms with Gasteiger partial charge in [0, 0.05) is 38.2 Å². The molecule has 1 spiro atoms. The van der Waals surface area contributed by atoms with Crippen LogP contribution in [0.25, 0.3) is 0 Å². The maximum Gasteiger partial charge on any atom is 0.270 e. The average Bonchev–Trinajstić information content (AvgIpc) is 3.11. The Morgan fingerprint density at radius 1 is 1.16 bits per heavy atom. The second kappa shape index (κ2) is 7.25. The Morgan fingerprint density at radius 3 is 2.60 bits per heavy atom. The van der Waals surface area contributed by atoms with Crippen molar-refractivity contribution in [3.8, 4) is 0 Å². The van der Waals surface area contributed by atoms with E-state index < -0.39 is 5.79 Å². The minimum Gasteiger partial charge on any atom is -0.348 e. The van der Waals surface area contributed by atoms with Gasteiger partial charge in [-0.15, -0.1) is 0 Å². The molecule has 3 aliphatic rings. The lowest BCUT2D eigenvalue weighted by Crippen LogP contribution is -2.46. The van der Waals surface area contributed by atoms with Gasteiger partial charge in [-0.05, 0) is 18.9 Å². The van der Waals surface area contributed by atoms with Gasteiger partial charge in [-0.2, -0.15) is 0 Å². The monoisotopic (exact) mass is 346 g/mol. The van der Waals surface area contributed by atoms with E-state index in [4.69, 9.17) is 9.47 Å². The highest BCUT2D eigenvalue weighted by molar-refractivity contribution is 5.92. The Labute approximate surface area is 148 Å². The Balaban J connectivity index is 1.38. The van der Waals surface area contributed by atoms with Crippen molar-refractivity contribution in [3.05, 3.63) is 18.0 Å². The lowest BCUT2D eigenvalue weighted by atomic mass is 9.95. The molecular weight excluding hydrogens is 320 g/mol. The number of nitrogens with zero attached hydrogens (tertiary/aromatic N) is 3. The first-order valence-corrected chi connectivity index (χ1v) is 9.41. The number of nitrogens with one attached hydrogen (secondary N) is 1. The number of carbonyl (C=O) groups is 1. The van der Waals surface area contributed by atoms with Crippen molar-refractivity contribution in [1.82, 2.24) is 15.3 Å². The van der Waals surface area contributed by atoms with Crippen LogP contribution < -0.4 is 10.2 Å². The van der Waals surface area contributed by atoms with E-state index in [9.17, 15) is 4.79 Å². The number of rotatable bonds is 3. The van der Waals surface area contributed by atoms with Crippen LogP contribution in [0.15, 0.2) is 12.3 Å². The van der Waals surface area contributed by atoms with Gasteiger partial charge in [0.25, 0.3) is 5.91 Å². The summed E-state index contributed by atoms with van der Waals surface area (Å²) in [6.45, 7) is 2.89. The number of anilines is 1. The fourth-order valence-corrected chi connectivity index (χ4v) is 3.97. The van der Waals surface area contributed by atoms with E-state index in [1.54, 1.807) is 12.3 Å². The summed E-state index contributed by atoms with van der Waals surface area (Å²) in [7, 11) is 0. The minimum atomic E-state index is -0.410. The summed E-state index contributed by atoms with van der Waals surface area (Å²) < 4.78 is 11.5. The van der Waals surface area contributed by atoms with E-state index in [1.165, 1.54) is 19.3 Å². The smallest absolute Gasteiger partial charge is 0.270 e. The average molecular weight is 346 g/mol. The quantitative estimate of drug-likeness (QED) is 0.901. The van der Waals surface area contributed by atoms with Crippen molar-refractivity contribution < 1.29 is 14.3 Å². The Hall–Kier alpha value is -1.73. The molecule has 1 aliphatic carbocycles. The van der Waals surface area contributed by atoms with Gasteiger partial charge in [0.2, 0.25) is 5.95 Å². The molecule has 7 heteroatoms. The zero-order valence-electron chi connectivity index (χ0n) is 14.6. The number of amides is 1. The van der Waals surface area contributed by atoms with Crippen LogP contribution in [-0.2, 0) is 9.47 Å². The van der Waals surface area contributed by atoms with E-state index in [1.807, 2.05) is 0 Å². The number of carbonyl (C=O) groups excluding carboxylic acids is 1. The SMILES string of the molecule is O=C(NC1CCCCC1)c1ccnc(N2CCC3(CC2)OCCO3)n1. The highest BCUT2D eigenvalue weighted by Gasteiger charge is 2.40. The maximum atomic E-state index is 12.5. The molecule has 25 heavy (non-hydrogen) atoms. The van der Waals surface area contributed by atoms with Crippen LogP contribution in [0.3, 0.4) is 0 Å². The lowest BCUT2D eigenvalue weighted by molar-refractivity contribution is -0.169. The second-order valence-corrected chi connectivity index (χ2v) is 7.14. The Morgan fingerprint density at radius 2 is 1.88 bits per heavy atom. The van der Waals surface area contributed by atoms with Gasteiger partial charge < -0.3 is 19.7 Å². The van der Waals surface area contributed by atoms with E-state index in [-0.39, 0.29) is 11.9 Å². The summed E-state index contributed by atoms with van der Waals surface area (Å²) >= 11 is 0. The van der Waals surface area contributed by atoms with Crippen LogP contribution in [-0.4, -0.2) is 54.0 Å². The molecule has 0 atom stereocenters. The molecule has 2 aliphatic heterocycles. The van der Waals surface area contributed by atoms with Crippen molar-refractivity contribution in [2.45, 2.75) is 56.8 Å². The number of ether oxygens (including phenoxy) is 2. The third-order valence-electron chi connectivity index (χ3n) is 5.44. The molecule has 7 nitrogen and oxygen atoms in total. The van der Waals surface area contributed by atoms with E-state index in [0.29, 0.717) is 24.9 Å². The first kappa shape index (κ1) is 16.7. The summed E-state index contributed by atoms with van der Waals surface area (Å²) in [5, 5.41) is 3.12. The molecule has 0 bridgehead atoms. The van der Waals surface area contributed by atoms with Crippen molar-refractivity contribution in [2.24, 2.45) is 0 Å². The molecule has 2 saturated heterocycles. The second-order valence-electron chi connectivity index (χ2n) is 7.14. The largest absolute Gasteiger partial charge is 0.348 e. The van der Waals surface area contributed by atoms with Gasteiger partial charge in [-0.3, -0.25) is 4.79 Å². The summed E-state index contributed by atoms with van der Waals surface area (Å²) in [5.74, 6) is 0.113. The molecule has 136 valence electrons. The van der Waals surface area contributed by atoms with Crippen molar-refractivity contribution in [1.29, 1.82) is 0 Å². The Kier molecular flexibility index (Phi) is 4.85. The molecular formula is C18H26N4O3. The molecule has 4 rings (SSSR count). The van der Waals surface area contributed by atoms with Crippen LogP contribution in [0.4, 0.5) is 5.95 Å². The molecule has 3 fully saturated rings. The van der Waals surface area contributed by atoms with Crippen molar-refractivity contribution in [2.75, 3.05) is 31.2 Å². The van der Waals surface area contributed by atoms with E-state index in [2.05, 4.69) is 20.2 Å². The highest BCUT2D eigenvalue weighted by Crippen LogP contribution is 2.32. The zero-order chi connectivity index (χ0) is 17.1. The van der Waals surface area contributed by atoms with Crippen molar-refractivity contribution in [3.63, 3.8) is 0 Å². The van der Waals surface area contributed by atoms with Gasteiger partial charge in [-0.1, -0.05) is 19.3 Å². The molecule has 0 unspecified atom stereocenters. The number of hydrogen-bond donors (Lipinski definition) is 1. The van der Waals surface area contributed by atoms with Gasteiger partial charge in [0.1, 0.15) is 5.69 Å². The molecule has 1 amide bonds. The van der Waals surface area contributed by atoms with Crippen LogP contribution in [0.1, 0.15) is 55.4 Å². The van der Waals surface area contributed by atoms with E-state index in [0.717, 1.165) is 38.8 Å². The third-order valence-corrected chi connectivity index (χ3v) is 5.44. The van der Waals surface area contributed by atoms with Crippen LogP contribution >= 0.6 is 0 Å². The van der Waals surface area contributed by atoms with Crippen LogP contribution in [0, 0.1) is 0 Å². The zero-order valence-corrected chi connectivity index (χ0v) is 14.6. The number of piperidine rings is 1. The highest BCUT2D eigenvalue weighted by atomic mass is 16.7. The number of hydrogen-bond acceptors (Lipinski definition) is 6. The first-order chi connectivity index (χ1) is 12.2. The standard InChI is InChI=1S/C18H26N4O3/c23-16(20-14-4-2-1-3-5-14)15-6-9-19-17(21-15)22-10-7-18(8-11-22)24-12-13-25-18/h6,9,14H,1-5,7-8,10-13H2,(H,20,23). The molecule has 1 saturated carbocycles. The third kappa shape index (κ3) is 3.77. The normalized spacial score (nSPS) is 23.8. The predicted molar refractivity (Wildman–Crippen MR) is 92.5 cm³/mol. The molecule has 0 aromatic carbocycles. The summed E-state index contributed by atoms with van der Waals surface area (Å²) in [4.78, 5) is 23.5. The topological polar surface area (TPSA) is 76.6 Å². The molecule has 1 aromatic rings. The Bertz CT molecular complexity index is 602. The fraction of sp³-hybridized carbons (Fsp3) is 0.722. The minimum absolute atomic E-state index is 0.0912. The maximum absolute atomic E-state index is 12.5. The van der Waals surface area contributed by atoms with Gasteiger partial charge >= 0.3 is 0 Å². The molecule has 0 radical (unpaired) electrons. The van der Waals surface area contributed by atoms with E-state index >= 15 is 0 Å². The molecule has 1 aromatic heterocycles. The summed E-state index contributed by atoms with van der Waals surface area (Å²) in [5.41, 5.74) is 0.448. The van der Waals surface area contributed by atoms with Crippen LogP contribution in [0.2, 0.25) is 0 Å². The summed E-state index contributed by atoms with van der Waals surface area (Å²) in [6.07, 6.45) is 9.07.